The van der Waals surface area contributed by atoms with Crippen LogP contribution in [0.5, 0.6) is 0 Å². The first-order valence-electron chi connectivity index (χ1n) is 12.3. The van der Waals surface area contributed by atoms with Crippen molar-refractivity contribution in [2.24, 2.45) is 0 Å². The number of nitrogens with one attached hydrogen (secondary N) is 3. The second kappa shape index (κ2) is 14.0. The van der Waals surface area contributed by atoms with E-state index in [1.807, 2.05) is 43.3 Å². The summed E-state index contributed by atoms with van der Waals surface area (Å²) >= 11 is 11.1. The topological polar surface area (TPSA) is 87.3 Å². The summed E-state index contributed by atoms with van der Waals surface area (Å²) in [5, 5.41) is 8.53. The van der Waals surface area contributed by atoms with E-state index in [-0.39, 0.29) is 16.9 Å². The highest BCUT2D eigenvalue weighted by atomic mass is 79.9. The van der Waals surface area contributed by atoms with Gasteiger partial charge in [0.15, 0.2) is 0 Å². The Kier molecular flexibility index (Phi) is 10.2. The van der Waals surface area contributed by atoms with Gasteiger partial charge in [-0.3, -0.25) is 14.4 Å². The summed E-state index contributed by atoms with van der Waals surface area (Å²) in [5.41, 5.74) is 2.28. The van der Waals surface area contributed by atoms with Crippen LogP contribution in [0.1, 0.15) is 22.8 Å². The van der Waals surface area contributed by atoms with Gasteiger partial charge in [-0.2, -0.15) is 0 Å². The van der Waals surface area contributed by atoms with E-state index in [4.69, 9.17) is 11.6 Å². The van der Waals surface area contributed by atoms with Gasteiger partial charge in [0.05, 0.1) is 10.9 Å². The maximum Gasteiger partial charge on any atom is 0.272 e. The average molecular weight is 635 g/mol. The molecule has 1 atom stereocenters. The number of hydrogen-bond donors (Lipinski definition) is 3. The van der Waals surface area contributed by atoms with Crippen LogP contribution in [0.4, 0.5) is 11.4 Å². The Balaban J connectivity index is 1.44. The lowest BCUT2D eigenvalue weighted by Gasteiger charge is -2.14. The van der Waals surface area contributed by atoms with Crippen LogP contribution in [-0.2, 0) is 9.59 Å². The minimum absolute atomic E-state index is 0.0396. The molecule has 0 bridgehead atoms. The van der Waals surface area contributed by atoms with E-state index < -0.39 is 11.8 Å². The van der Waals surface area contributed by atoms with Crippen molar-refractivity contribution in [1.29, 1.82) is 0 Å². The molecule has 9 heteroatoms. The van der Waals surface area contributed by atoms with Gasteiger partial charge in [0.1, 0.15) is 5.70 Å². The predicted molar refractivity (Wildman–Crippen MR) is 166 cm³/mol. The minimum atomic E-state index is -0.509. The zero-order chi connectivity index (χ0) is 28.5. The number of amides is 3. The largest absolute Gasteiger partial charge is 0.324 e. The van der Waals surface area contributed by atoms with Gasteiger partial charge >= 0.3 is 0 Å². The molecule has 4 rings (SSSR count). The molecule has 6 nitrogen and oxygen atoms in total. The maximum absolute atomic E-state index is 13.2. The Labute approximate surface area is 250 Å². The highest BCUT2D eigenvalue weighted by molar-refractivity contribution is 9.10. The smallest absolute Gasteiger partial charge is 0.272 e. The monoisotopic (exact) mass is 633 g/mol. The van der Waals surface area contributed by atoms with Crippen molar-refractivity contribution < 1.29 is 14.4 Å². The van der Waals surface area contributed by atoms with Gasteiger partial charge in [0.2, 0.25) is 5.91 Å². The highest BCUT2D eigenvalue weighted by Crippen LogP contribution is 2.27. The minimum Gasteiger partial charge on any atom is -0.324 e. The van der Waals surface area contributed by atoms with Crippen molar-refractivity contribution in [3.63, 3.8) is 0 Å². The van der Waals surface area contributed by atoms with Crippen LogP contribution in [0.15, 0.2) is 118 Å². The fraction of sp³-hybridized carbons (Fsp3) is 0.0645. The van der Waals surface area contributed by atoms with Crippen LogP contribution in [0.3, 0.4) is 0 Å². The normalized spacial score (nSPS) is 11.8. The number of thioether (sulfide) groups is 1. The van der Waals surface area contributed by atoms with E-state index in [1.54, 1.807) is 66.7 Å². The Morgan fingerprint density at radius 1 is 0.825 bits per heavy atom. The van der Waals surface area contributed by atoms with Crippen LogP contribution in [0.2, 0.25) is 5.02 Å². The van der Waals surface area contributed by atoms with Crippen LogP contribution >= 0.6 is 39.3 Å². The van der Waals surface area contributed by atoms with Gasteiger partial charge in [-0.05, 0) is 89.1 Å². The first-order chi connectivity index (χ1) is 19.3. The summed E-state index contributed by atoms with van der Waals surface area (Å²) in [4.78, 5) is 39.6. The summed E-state index contributed by atoms with van der Waals surface area (Å²) in [6.07, 6.45) is 1.54. The van der Waals surface area contributed by atoms with Crippen molar-refractivity contribution in [3.05, 3.63) is 129 Å². The Bertz CT molecular complexity index is 1550. The number of hydrogen-bond acceptors (Lipinski definition) is 4. The van der Waals surface area contributed by atoms with Gasteiger partial charge < -0.3 is 16.0 Å². The summed E-state index contributed by atoms with van der Waals surface area (Å²) < 4.78 is 0.809. The van der Waals surface area contributed by atoms with Gasteiger partial charge in [-0.15, -0.1) is 11.8 Å². The first kappa shape index (κ1) is 29.1. The zero-order valence-corrected chi connectivity index (χ0v) is 24.5. The quantitative estimate of drug-likeness (QED) is 0.131. The standard InChI is InChI=1S/C31H25BrClN3O3S/c1-20(29(37)35-27-14-8-6-12-25(27)32)40-24-17-15-23(16-18-24)34-31(39)28(19-22-11-5-7-13-26(22)33)36-30(38)21-9-3-2-4-10-21/h2-20H,1H3,(H,34,39)(H,35,37)(H,36,38)/b28-19-. The third-order valence-corrected chi connectivity index (χ3v) is 7.81. The SMILES string of the molecule is CC(Sc1ccc(NC(=O)/C(=C/c2ccccc2Cl)NC(=O)c2ccccc2)cc1)C(=O)Nc1ccccc1Br. The molecule has 4 aromatic carbocycles. The van der Waals surface area contributed by atoms with Crippen LogP contribution in [-0.4, -0.2) is 23.0 Å². The molecule has 0 spiro atoms. The molecule has 0 aliphatic rings. The van der Waals surface area contributed by atoms with Crippen LogP contribution in [0.25, 0.3) is 6.08 Å². The van der Waals surface area contributed by atoms with Crippen molar-refractivity contribution in [1.82, 2.24) is 5.32 Å². The molecular formula is C31H25BrClN3O3S. The Hall–Kier alpha value is -3.85. The van der Waals surface area contributed by atoms with Gasteiger partial charge in [0, 0.05) is 25.6 Å². The third-order valence-electron chi connectivity index (χ3n) is 5.66. The van der Waals surface area contributed by atoms with Crippen molar-refractivity contribution in [3.8, 4) is 0 Å². The highest BCUT2D eigenvalue weighted by Gasteiger charge is 2.17. The molecule has 0 radical (unpaired) electrons. The van der Waals surface area contributed by atoms with Crippen LogP contribution < -0.4 is 16.0 Å². The lowest BCUT2D eigenvalue weighted by Crippen LogP contribution is -2.30. The molecule has 0 aromatic heterocycles. The number of carbonyl (C=O) groups excluding carboxylic acids is 3. The van der Waals surface area contributed by atoms with E-state index in [0.717, 1.165) is 9.37 Å². The molecule has 202 valence electrons. The molecule has 0 aliphatic heterocycles. The molecular weight excluding hydrogens is 610 g/mol. The molecule has 0 aliphatic carbocycles. The molecule has 0 saturated carbocycles. The third kappa shape index (κ3) is 8.08. The second-order valence-electron chi connectivity index (χ2n) is 8.61. The Morgan fingerprint density at radius 3 is 2.17 bits per heavy atom. The molecule has 0 saturated heterocycles. The molecule has 3 N–H and O–H groups in total. The number of benzene rings is 4. The Morgan fingerprint density at radius 2 is 1.48 bits per heavy atom. The van der Waals surface area contributed by atoms with E-state index in [2.05, 4.69) is 31.9 Å². The molecule has 1 unspecified atom stereocenters. The molecule has 3 amide bonds. The van der Waals surface area contributed by atoms with E-state index in [1.165, 1.54) is 17.8 Å². The fourth-order valence-corrected chi connectivity index (χ4v) is 5.00. The predicted octanol–water partition coefficient (Wildman–Crippen LogP) is 7.63. The summed E-state index contributed by atoms with van der Waals surface area (Å²) in [6.45, 7) is 1.83. The summed E-state index contributed by atoms with van der Waals surface area (Å²) in [5.74, 6) is -1.06. The fourth-order valence-electron chi connectivity index (χ4n) is 3.56. The molecule has 40 heavy (non-hydrogen) atoms. The van der Waals surface area contributed by atoms with Gasteiger partial charge in [0.25, 0.3) is 11.8 Å². The van der Waals surface area contributed by atoms with Crippen molar-refractivity contribution >= 4 is 74.5 Å². The number of para-hydroxylation sites is 1. The van der Waals surface area contributed by atoms with Crippen molar-refractivity contribution in [2.75, 3.05) is 10.6 Å². The first-order valence-corrected chi connectivity index (χ1v) is 14.3. The molecule has 0 heterocycles. The second-order valence-corrected chi connectivity index (χ2v) is 11.3. The summed E-state index contributed by atoms with van der Waals surface area (Å²) in [7, 11) is 0. The number of rotatable bonds is 9. The average Bonchev–Trinajstić information content (AvgIpc) is 2.96. The lowest BCUT2D eigenvalue weighted by atomic mass is 10.1. The van der Waals surface area contributed by atoms with Crippen LogP contribution in [0, 0.1) is 0 Å². The van der Waals surface area contributed by atoms with E-state index >= 15 is 0 Å². The van der Waals surface area contributed by atoms with E-state index in [9.17, 15) is 14.4 Å². The maximum atomic E-state index is 13.2. The summed E-state index contributed by atoms with van der Waals surface area (Å²) in [6, 6.07) is 30.2. The van der Waals surface area contributed by atoms with Gasteiger partial charge in [-0.1, -0.05) is 60.1 Å². The van der Waals surface area contributed by atoms with Gasteiger partial charge in [-0.25, -0.2) is 0 Å². The number of halogens is 2. The number of carbonyl (C=O) groups is 3. The molecule has 4 aromatic rings. The zero-order valence-electron chi connectivity index (χ0n) is 21.4. The molecule has 0 fully saturated rings. The lowest BCUT2D eigenvalue weighted by molar-refractivity contribution is -0.115. The van der Waals surface area contributed by atoms with Crippen molar-refractivity contribution in [2.45, 2.75) is 17.1 Å². The van der Waals surface area contributed by atoms with E-state index in [0.29, 0.717) is 27.5 Å². The number of anilines is 2.